The molecular weight excluding hydrogens is 270 g/mol. The molecule has 0 aliphatic carbocycles. The summed E-state index contributed by atoms with van der Waals surface area (Å²) in [5.41, 5.74) is 0.989. The lowest BCUT2D eigenvalue weighted by atomic mass is 10.1. The number of carbonyl (C=O) groups is 2. The van der Waals surface area contributed by atoms with E-state index in [1.54, 1.807) is 13.0 Å². The van der Waals surface area contributed by atoms with Crippen LogP contribution < -0.4 is 5.32 Å². The van der Waals surface area contributed by atoms with Gasteiger partial charge in [0.1, 0.15) is 5.75 Å². The number of carbonyl (C=O) groups excluding carboxylic acids is 1. The predicted molar refractivity (Wildman–Crippen MR) is 71.1 cm³/mol. The third-order valence-corrected chi connectivity index (χ3v) is 4.13. The van der Waals surface area contributed by atoms with Gasteiger partial charge in [-0.1, -0.05) is 13.0 Å². The van der Waals surface area contributed by atoms with Crippen molar-refractivity contribution in [2.24, 2.45) is 0 Å². The highest BCUT2D eigenvalue weighted by atomic mass is 32.2. The normalized spacial score (nSPS) is 11.1. The lowest BCUT2D eigenvalue weighted by molar-refractivity contribution is -0.113. The smallest absolute Gasteiger partial charge is 0.335 e. The highest BCUT2D eigenvalue weighted by molar-refractivity contribution is 7.92. The Kier molecular flexibility index (Phi) is 4.66. The van der Waals surface area contributed by atoms with Crippen LogP contribution in [0.15, 0.2) is 18.2 Å². The van der Waals surface area contributed by atoms with Crippen LogP contribution in [0.25, 0.3) is 0 Å². The molecule has 0 bridgehead atoms. The van der Waals surface area contributed by atoms with E-state index in [0.29, 0.717) is 11.3 Å². The van der Waals surface area contributed by atoms with E-state index in [2.05, 4.69) is 5.32 Å². The second-order valence-electron chi connectivity index (χ2n) is 4.06. The molecule has 1 aromatic rings. The van der Waals surface area contributed by atoms with Crippen LogP contribution in [0, 0.1) is 6.92 Å². The minimum absolute atomic E-state index is 0.0271. The molecule has 0 aliphatic rings. The fourth-order valence-corrected chi connectivity index (χ4v) is 2.05. The van der Waals surface area contributed by atoms with E-state index in [9.17, 15) is 18.0 Å². The number of sulfone groups is 1. The summed E-state index contributed by atoms with van der Waals surface area (Å²) in [6.07, 6.45) is 0. The van der Waals surface area contributed by atoms with Gasteiger partial charge in [-0.2, -0.15) is 0 Å². The van der Waals surface area contributed by atoms with Crippen molar-refractivity contribution in [3.05, 3.63) is 29.3 Å². The van der Waals surface area contributed by atoms with Crippen LogP contribution in [-0.2, 0) is 14.6 Å². The summed E-state index contributed by atoms with van der Waals surface area (Å²) in [5.74, 6) is -2.52. The van der Waals surface area contributed by atoms with Gasteiger partial charge in [0.2, 0.25) is 5.91 Å². The van der Waals surface area contributed by atoms with Crippen LogP contribution >= 0.6 is 0 Å². The van der Waals surface area contributed by atoms with Gasteiger partial charge in [0.15, 0.2) is 9.84 Å². The lowest BCUT2D eigenvalue weighted by Crippen LogP contribution is -2.24. The average Bonchev–Trinajstić information content (AvgIpc) is 2.31. The molecule has 0 atom stereocenters. The van der Waals surface area contributed by atoms with E-state index in [1.807, 2.05) is 0 Å². The molecule has 1 amide bonds. The Bertz CT molecular complexity index is 607. The van der Waals surface area contributed by atoms with Gasteiger partial charge in [-0.15, -0.1) is 0 Å². The van der Waals surface area contributed by atoms with Crippen LogP contribution in [0.1, 0.15) is 22.8 Å². The molecule has 19 heavy (non-hydrogen) atoms. The molecule has 0 spiro atoms. The zero-order valence-corrected chi connectivity index (χ0v) is 11.5. The Morgan fingerprint density at radius 1 is 1.32 bits per heavy atom. The van der Waals surface area contributed by atoms with Gasteiger partial charge in [0, 0.05) is 11.4 Å². The maximum Gasteiger partial charge on any atom is 0.335 e. The number of benzene rings is 1. The second kappa shape index (κ2) is 5.83. The molecule has 104 valence electrons. The maximum atomic E-state index is 11.6. The first-order valence-electron chi connectivity index (χ1n) is 5.59. The molecule has 0 heterocycles. The van der Waals surface area contributed by atoms with Gasteiger partial charge < -0.3 is 10.4 Å². The average molecular weight is 285 g/mol. The van der Waals surface area contributed by atoms with E-state index in [0.717, 1.165) is 0 Å². The zero-order valence-electron chi connectivity index (χ0n) is 10.6. The van der Waals surface area contributed by atoms with Crippen molar-refractivity contribution in [2.45, 2.75) is 13.8 Å². The number of carboxylic acid groups (broad SMARTS) is 1. The number of nitrogens with one attached hydrogen (secondary N) is 1. The Labute approximate surface area is 111 Å². The summed E-state index contributed by atoms with van der Waals surface area (Å²) >= 11 is 0. The number of amides is 1. The van der Waals surface area contributed by atoms with E-state index < -0.39 is 27.5 Å². The van der Waals surface area contributed by atoms with Crippen molar-refractivity contribution in [2.75, 3.05) is 16.8 Å². The van der Waals surface area contributed by atoms with E-state index >= 15 is 0 Å². The molecule has 0 aliphatic heterocycles. The van der Waals surface area contributed by atoms with E-state index in [4.69, 9.17) is 5.11 Å². The fourth-order valence-electron chi connectivity index (χ4n) is 1.38. The highest BCUT2D eigenvalue weighted by Crippen LogP contribution is 2.17. The third kappa shape index (κ3) is 4.36. The van der Waals surface area contributed by atoms with Crippen molar-refractivity contribution in [3.8, 4) is 0 Å². The first-order valence-corrected chi connectivity index (χ1v) is 7.41. The molecule has 0 aromatic heterocycles. The van der Waals surface area contributed by atoms with Crippen molar-refractivity contribution < 1.29 is 23.1 Å². The number of carboxylic acids is 1. The minimum Gasteiger partial charge on any atom is -0.478 e. The first-order chi connectivity index (χ1) is 8.75. The number of rotatable bonds is 5. The van der Waals surface area contributed by atoms with E-state index in [-0.39, 0.29) is 11.3 Å². The van der Waals surface area contributed by atoms with Gasteiger partial charge in [0.05, 0.1) is 5.56 Å². The molecule has 1 rings (SSSR count). The summed E-state index contributed by atoms with van der Waals surface area (Å²) in [5, 5.41) is 11.3. The molecule has 6 nitrogen and oxygen atoms in total. The summed E-state index contributed by atoms with van der Waals surface area (Å²) in [7, 11) is -3.41. The molecule has 0 unspecified atom stereocenters. The van der Waals surface area contributed by atoms with Crippen LogP contribution in [0.5, 0.6) is 0 Å². The van der Waals surface area contributed by atoms with Crippen molar-refractivity contribution in [3.63, 3.8) is 0 Å². The number of hydrogen-bond donors (Lipinski definition) is 2. The van der Waals surface area contributed by atoms with Gasteiger partial charge >= 0.3 is 5.97 Å². The van der Waals surface area contributed by atoms with Crippen LogP contribution in [0.4, 0.5) is 5.69 Å². The molecule has 0 radical (unpaired) electrons. The van der Waals surface area contributed by atoms with Crippen LogP contribution in [0.2, 0.25) is 0 Å². The summed E-state index contributed by atoms with van der Waals surface area (Å²) < 4.78 is 22.6. The molecule has 0 fully saturated rings. The minimum atomic E-state index is -3.41. The summed E-state index contributed by atoms with van der Waals surface area (Å²) in [6, 6.07) is 4.26. The number of hydrogen-bond acceptors (Lipinski definition) is 4. The number of anilines is 1. The zero-order chi connectivity index (χ0) is 14.6. The summed E-state index contributed by atoms with van der Waals surface area (Å²) in [6.45, 7) is 3.15. The second-order valence-corrected chi connectivity index (χ2v) is 6.41. The molecule has 0 saturated heterocycles. The van der Waals surface area contributed by atoms with Gasteiger partial charge in [0.25, 0.3) is 0 Å². The standard InChI is InChI=1S/C12H15NO5S/c1-3-19(17,18)7-11(14)13-10-6-9(12(15)16)5-4-8(10)2/h4-6H,3,7H2,1-2H3,(H,13,14)(H,15,16). The highest BCUT2D eigenvalue weighted by Gasteiger charge is 2.15. The van der Waals surface area contributed by atoms with Gasteiger partial charge in [-0.3, -0.25) is 4.79 Å². The topological polar surface area (TPSA) is 101 Å². The Hall–Kier alpha value is -1.89. The van der Waals surface area contributed by atoms with E-state index in [1.165, 1.54) is 19.1 Å². The molecule has 7 heteroatoms. The lowest BCUT2D eigenvalue weighted by Gasteiger charge is -2.09. The Balaban J connectivity index is 2.90. The first kappa shape index (κ1) is 15.2. The predicted octanol–water partition coefficient (Wildman–Crippen LogP) is 1.07. The Morgan fingerprint density at radius 3 is 2.47 bits per heavy atom. The van der Waals surface area contributed by atoms with Crippen LogP contribution in [-0.4, -0.2) is 36.9 Å². The monoisotopic (exact) mass is 285 g/mol. The summed E-state index contributed by atoms with van der Waals surface area (Å²) in [4.78, 5) is 22.4. The van der Waals surface area contributed by atoms with Crippen molar-refractivity contribution in [1.29, 1.82) is 0 Å². The SMILES string of the molecule is CCS(=O)(=O)CC(=O)Nc1cc(C(=O)O)ccc1C. The van der Waals surface area contributed by atoms with Crippen molar-refractivity contribution >= 4 is 27.4 Å². The van der Waals surface area contributed by atoms with Gasteiger partial charge in [-0.25, -0.2) is 13.2 Å². The van der Waals surface area contributed by atoms with Crippen LogP contribution in [0.3, 0.4) is 0 Å². The number of aryl methyl sites for hydroxylation is 1. The quantitative estimate of drug-likeness (QED) is 0.842. The fraction of sp³-hybridized carbons (Fsp3) is 0.333. The molecular formula is C12H15NO5S. The maximum absolute atomic E-state index is 11.6. The molecule has 0 saturated carbocycles. The number of aromatic carboxylic acids is 1. The van der Waals surface area contributed by atoms with Gasteiger partial charge in [-0.05, 0) is 24.6 Å². The largest absolute Gasteiger partial charge is 0.478 e. The third-order valence-electron chi connectivity index (χ3n) is 2.55. The van der Waals surface area contributed by atoms with Crippen molar-refractivity contribution in [1.82, 2.24) is 0 Å². The molecule has 2 N–H and O–H groups in total. The molecule has 1 aromatic carbocycles. The Morgan fingerprint density at radius 2 is 1.95 bits per heavy atom.